The molecule has 0 radical (unpaired) electrons. The standard InChI is InChI=1S/C18H19FN2O3S/c1-18(2)14-11-13(7-8-16(14)20-17(18)22)21-25(23,24)10-9-12-5-3-4-6-15(12)19/h3-8,11,21H,9-10H2,1-2H3,(H,20,22). The normalized spacial score (nSPS) is 15.6. The van der Waals surface area contributed by atoms with Gasteiger partial charge in [0.1, 0.15) is 5.82 Å². The third kappa shape index (κ3) is 3.51. The lowest BCUT2D eigenvalue weighted by atomic mass is 9.86. The molecule has 1 aliphatic heterocycles. The number of sulfonamides is 1. The average Bonchev–Trinajstić information content (AvgIpc) is 2.76. The maximum atomic E-state index is 13.6. The molecule has 0 saturated carbocycles. The fraction of sp³-hybridized carbons (Fsp3) is 0.278. The minimum absolute atomic E-state index is 0.0818. The quantitative estimate of drug-likeness (QED) is 0.858. The molecule has 132 valence electrons. The second-order valence-corrected chi connectivity index (χ2v) is 8.44. The summed E-state index contributed by atoms with van der Waals surface area (Å²) in [5.74, 6) is -0.769. The molecule has 0 fully saturated rings. The number of benzene rings is 2. The van der Waals surface area contributed by atoms with Crippen molar-refractivity contribution < 1.29 is 17.6 Å². The number of carbonyl (C=O) groups is 1. The van der Waals surface area contributed by atoms with Crippen LogP contribution in [0.5, 0.6) is 0 Å². The van der Waals surface area contributed by atoms with Crippen LogP contribution in [0.2, 0.25) is 0 Å². The number of aryl methyl sites for hydroxylation is 1. The third-order valence-corrected chi connectivity index (χ3v) is 5.67. The van der Waals surface area contributed by atoms with Gasteiger partial charge in [-0.2, -0.15) is 0 Å². The Morgan fingerprint density at radius 1 is 1.16 bits per heavy atom. The van der Waals surface area contributed by atoms with E-state index in [1.807, 2.05) is 0 Å². The van der Waals surface area contributed by atoms with Gasteiger partial charge in [0.2, 0.25) is 15.9 Å². The number of hydrogen-bond donors (Lipinski definition) is 2. The Bertz CT molecular complexity index is 939. The van der Waals surface area contributed by atoms with Gasteiger partial charge in [-0.3, -0.25) is 9.52 Å². The molecule has 0 unspecified atom stereocenters. The van der Waals surface area contributed by atoms with Gasteiger partial charge in [-0.1, -0.05) is 18.2 Å². The van der Waals surface area contributed by atoms with Crippen LogP contribution in [0.3, 0.4) is 0 Å². The zero-order valence-electron chi connectivity index (χ0n) is 14.0. The van der Waals surface area contributed by atoms with E-state index in [4.69, 9.17) is 0 Å². The predicted molar refractivity (Wildman–Crippen MR) is 95.6 cm³/mol. The molecule has 0 atom stereocenters. The summed E-state index contributed by atoms with van der Waals surface area (Å²) in [6, 6.07) is 11.0. The van der Waals surface area contributed by atoms with Crippen LogP contribution in [0, 0.1) is 5.82 Å². The third-order valence-electron chi connectivity index (χ3n) is 4.38. The van der Waals surface area contributed by atoms with Gasteiger partial charge in [-0.15, -0.1) is 0 Å². The van der Waals surface area contributed by atoms with E-state index >= 15 is 0 Å². The molecule has 0 aliphatic carbocycles. The molecule has 25 heavy (non-hydrogen) atoms. The molecule has 0 aromatic heterocycles. The summed E-state index contributed by atoms with van der Waals surface area (Å²) in [6.45, 7) is 3.56. The van der Waals surface area contributed by atoms with Gasteiger partial charge in [0.25, 0.3) is 0 Å². The van der Waals surface area contributed by atoms with Crippen molar-refractivity contribution in [1.82, 2.24) is 0 Å². The summed E-state index contributed by atoms with van der Waals surface area (Å²) in [4.78, 5) is 12.0. The van der Waals surface area contributed by atoms with Gasteiger partial charge in [0.05, 0.1) is 11.2 Å². The molecule has 3 rings (SSSR count). The molecular formula is C18H19FN2O3S. The van der Waals surface area contributed by atoms with Crippen molar-refractivity contribution in [1.29, 1.82) is 0 Å². The van der Waals surface area contributed by atoms with Gasteiger partial charge in [0.15, 0.2) is 0 Å². The maximum absolute atomic E-state index is 13.6. The Labute approximate surface area is 146 Å². The summed E-state index contributed by atoms with van der Waals surface area (Å²) < 4.78 is 40.7. The van der Waals surface area contributed by atoms with Crippen LogP contribution >= 0.6 is 0 Å². The van der Waals surface area contributed by atoms with Crippen molar-refractivity contribution in [3.05, 3.63) is 59.4 Å². The van der Waals surface area contributed by atoms with Gasteiger partial charge < -0.3 is 5.32 Å². The number of amides is 1. The fourth-order valence-electron chi connectivity index (χ4n) is 2.81. The van der Waals surface area contributed by atoms with Crippen LogP contribution in [-0.2, 0) is 26.7 Å². The highest BCUT2D eigenvalue weighted by Gasteiger charge is 2.38. The first-order valence-corrected chi connectivity index (χ1v) is 9.54. The number of anilines is 2. The molecule has 1 amide bonds. The van der Waals surface area contributed by atoms with Gasteiger partial charge >= 0.3 is 0 Å². The lowest BCUT2D eigenvalue weighted by Gasteiger charge is -2.16. The largest absolute Gasteiger partial charge is 0.325 e. The topological polar surface area (TPSA) is 75.3 Å². The first-order valence-electron chi connectivity index (χ1n) is 7.89. The molecular weight excluding hydrogens is 343 g/mol. The predicted octanol–water partition coefficient (Wildman–Crippen LogP) is 3.04. The molecule has 0 spiro atoms. The molecule has 0 bridgehead atoms. The summed E-state index contributed by atoms with van der Waals surface area (Å²) in [7, 11) is -3.64. The number of fused-ring (bicyclic) bond motifs is 1. The lowest BCUT2D eigenvalue weighted by molar-refractivity contribution is -0.119. The van der Waals surface area contributed by atoms with E-state index in [2.05, 4.69) is 10.0 Å². The monoisotopic (exact) mass is 362 g/mol. The summed E-state index contributed by atoms with van der Waals surface area (Å²) >= 11 is 0. The van der Waals surface area contributed by atoms with E-state index in [-0.39, 0.29) is 18.1 Å². The second kappa shape index (κ2) is 6.15. The van der Waals surface area contributed by atoms with E-state index in [1.54, 1.807) is 50.2 Å². The smallest absolute Gasteiger partial charge is 0.234 e. The van der Waals surface area contributed by atoms with E-state index in [0.717, 1.165) is 5.56 Å². The van der Waals surface area contributed by atoms with Crippen LogP contribution in [0.4, 0.5) is 15.8 Å². The van der Waals surface area contributed by atoms with Crippen LogP contribution in [0.1, 0.15) is 25.0 Å². The van der Waals surface area contributed by atoms with Gasteiger partial charge in [-0.05, 0) is 55.7 Å². The molecule has 2 aromatic rings. The average molecular weight is 362 g/mol. The minimum Gasteiger partial charge on any atom is -0.325 e. The molecule has 1 aliphatic rings. The van der Waals surface area contributed by atoms with Gasteiger partial charge in [0, 0.05) is 11.4 Å². The zero-order valence-corrected chi connectivity index (χ0v) is 14.8. The van der Waals surface area contributed by atoms with Crippen molar-refractivity contribution in [3.8, 4) is 0 Å². The minimum atomic E-state index is -3.64. The molecule has 2 N–H and O–H groups in total. The number of halogens is 1. The molecule has 2 aromatic carbocycles. The first-order chi connectivity index (χ1) is 11.7. The lowest BCUT2D eigenvalue weighted by Crippen LogP contribution is -2.27. The van der Waals surface area contributed by atoms with Crippen molar-refractivity contribution in [2.75, 3.05) is 15.8 Å². The van der Waals surface area contributed by atoms with E-state index in [1.165, 1.54) is 6.07 Å². The van der Waals surface area contributed by atoms with Crippen molar-refractivity contribution in [3.63, 3.8) is 0 Å². The fourth-order valence-corrected chi connectivity index (χ4v) is 3.89. The number of carbonyl (C=O) groups excluding carboxylic acids is 1. The number of hydrogen-bond acceptors (Lipinski definition) is 3. The maximum Gasteiger partial charge on any atom is 0.234 e. The summed E-state index contributed by atoms with van der Waals surface area (Å²) in [6.07, 6.45) is 0.0818. The van der Waals surface area contributed by atoms with Crippen molar-refractivity contribution >= 4 is 27.3 Å². The van der Waals surface area contributed by atoms with Crippen LogP contribution < -0.4 is 10.0 Å². The van der Waals surface area contributed by atoms with E-state index < -0.39 is 21.3 Å². The van der Waals surface area contributed by atoms with Crippen LogP contribution in [-0.4, -0.2) is 20.1 Å². The van der Waals surface area contributed by atoms with Crippen LogP contribution in [0.25, 0.3) is 0 Å². The number of rotatable bonds is 5. The van der Waals surface area contributed by atoms with Crippen LogP contribution in [0.15, 0.2) is 42.5 Å². The molecule has 7 heteroatoms. The van der Waals surface area contributed by atoms with Crippen molar-refractivity contribution in [2.24, 2.45) is 0 Å². The van der Waals surface area contributed by atoms with E-state index in [9.17, 15) is 17.6 Å². The Balaban J connectivity index is 1.75. The molecule has 1 heterocycles. The Hall–Kier alpha value is -2.41. The van der Waals surface area contributed by atoms with Gasteiger partial charge in [-0.25, -0.2) is 12.8 Å². The highest BCUT2D eigenvalue weighted by Crippen LogP contribution is 2.38. The Morgan fingerprint density at radius 2 is 1.88 bits per heavy atom. The first kappa shape index (κ1) is 17.4. The Morgan fingerprint density at radius 3 is 2.60 bits per heavy atom. The molecule has 0 saturated heterocycles. The van der Waals surface area contributed by atoms with E-state index in [0.29, 0.717) is 16.9 Å². The zero-order chi connectivity index (χ0) is 18.2. The second-order valence-electron chi connectivity index (χ2n) is 6.60. The van der Waals surface area contributed by atoms with Crippen molar-refractivity contribution in [2.45, 2.75) is 25.7 Å². The SMILES string of the molecule is CC1(C)C(=O)Nc2ccc(NS(=O)(=O)CCc3ccccc3F)cc21. The summed E-state index contributed by atoms with van der Waals surface area (Å²) in [5, 5.41) is 2.77. The molecule has 5 nitrogen and oxygen atoms in total. The summed E-state index contributed by atoms with van der Waals surface area (Å²) in [5.41, 5.74) is 1.45. The Kier molecular flexibility index (Phi) is 4.28. The highest BCUT2D eigenvalue weighted by atomic mass is 32.2. The number of nitrogens with one attached hydrogen (secondary N) is 2. The highest BCUT2D eigenvalue weighted by molar-refractivity contribution is 7.92.